The average molecular weight is 303 g/mol. The minimum absolute atomic E-state index is 0.193. The summed E-state index contributed by atoms with van der Waals surface area (Å²) in [5.74, 6) is 0.664. The minimum Gasteiger partial charge on any atom is -0.491 e. The average Bonchev–Trinajstić information content (AvgIpc) is 2.54. The van der Waals surface area contributed by atoms with E-state index in [4.69, 9.17) is 9.47 Å². The van der Waals surface area contributed by atoms with Crippen LogP contribution < -0.4 is 10.1 Å². The smallest absolute Gasteiger partial charge is 0.123 e. The molecule has 118 valence electrons. The van der Waals surface area contributed by atoms with Gasteiger partial charge in [0.25, 0.3) is 0 Å². The first-order chi connectivity index (χ1) is 10.8. The Balaban J connectivity index is 1.72. The molecule has 0 spiro atoms. The summed E-state index contributed by atoms with van der Waals surface area (Å²) < 4.78 is 23.4. The zero-order valence-corrected chi connectivity index (χ0v) is 12.8. The second-order valence-corrected chi connectivity index (χ2v) is 5.04. The molecular formula is C18H22FNO2. The van der Waals surface area contributed by atoms with Crippen molar-refractivity contribution in [3.8, 4) is 5.75 Å². The highest BCUT2D eigenvalue weighted by atomic mass is 19.1. The van der Waals surface area contributed by atoms with Crippen molar-refractivity contribution in [1.29, 1.82) is 0 Å². The van der Waals surface area contributed by atoms with Gasteiger partial charge in [0.2, 0.25) is 0 Å². The van der Waals surface area contributed by atoms with Crippen molar-refractivity contribution in [2.75, 3.05) is 26.9 Å². The summed E-state index contributed by atoms with van der Waals surface area (Å²) in [6.07, 6.45) is 0.879. The lowest BCUT2D eigenvalue weighted by Crippen LogP contribution is -2.16. The number of halogens is 1. The Morgan fingerprint density at radius 2 is 1.82 bits per heavy atom. The fourth-order valence-electron chi connectivity index (χ4n) is 2.10. The van der Waals surface area contributed by atoms with E-state index < -0.39 is 0 Å². The Hall–Kier alpha value is -1.91. The van der Waals surface area contributed by atoms with Crippen LogP contribution in [0.1, 0.15) is 11.1 Å². The molecule has 0 fully saturated rings. The predicted octanol–water partition coefficient (Wildman–Crippen LogP) is 3.18. The topological polar surface area (TPSA) is 30.5 Å². The second kappa shape index (κ2) is 9.18. The summed E-state index contributed by atoms with van der Waals surface area (Å²) >= 11 is 0. The number of nitrogens with one attached hydrogen (secondary N) is 1. The van der Waals surface area contributed by atoms with Crippen molar-refractivity contribution in [3.63, 3.8) is 0 Å². The molecule has 0 saturated carbocycles. The van der Waals surface area contributed by atoms with Crippen molar-refractivity contribution in [2.45, 2.75) is 13.0 Å². The molecule has 0 radical (unpaired) electrons. The molecule has 0 atom stereocenters. The molecule has 1 N–H and O–H groups in total. The van der Waals surface area contributed by atoms with Gasteiger partial charge in [-0.25, -0.2) is 4.39 Å². The SMILES string of the molecule is COCCOc1cccc(CNCCc2ccc(F)cc2)c1. The monoisotopic (exact) mass is 303 g/mol. The van der Waals surface area contributed by atoms with Crippen molar-refractivity contribution in [2.24, 2.45) is 0 Å². The van der Waals surface area contributed by atoms with Crippen LogP contribution in [0, 0.1) is 5.82 Å². The van der Waals surface area contributed by atoms with Crippen LogP contribution in [0.25, 0.3) is 0 Å². The zero-order chi connectivity index (χ0) is 15.6. The summed E-state index contributed by atoms with van der Waals surface area (Å²) in [4.78, 5) is 0. The number of methoxy groups -OCH3 is 1. The van der Waals surface area contributed by atoms with Crippen LogP contribution in [-0.2, 0) is 17.7 Å². The largest absolute Gasteiger partial charge is 0.491 e. The van der Waals surface area contributed by atoms with Gasteiger partial charge in [0, 0.05) is 13.7 Å². The fourth-order valence-corrected chi connectivity index (χ4v) is 2.10. The first-order valence-corrected chi connectivity index (χ1v) is 7.44. The normalized spacial score (nSPS) is 10.6. The Labute approximate surface area is 131 Å². The summed E-state index contributed by atoms with van der Waals surface area (Å²) in [6.45, 7) is 2.77. The third kappa shape index (κ3) is 5.84. The summed E-state index contributed by atoms with van der Waals surface area (Å²) in [5, 5.41) is 3.39. The zero-order valence-electron chi connectivity index (χ0n) is 12.8. The molecule has 0 amide bonds. The number of ether oxygens (including phenoxy) is 2. The molecule has 4 heteroatoms. The lowest BCUT2D eigenvalue weighted by Gasteiger charge is -2.09. The van der Waals surface area contributed by atoms with Crippen molar-refractivity contribution >= 4 is 0 Å². The molecule has 22 heavy (non-hydrogen) atoms. The molecule has 2 rings (SSSR count). The Morgan fingerprint density at radius 3 is 2.59 bits per heavy atom. The van der Waals surface area contributed by atoms with Gasteiger partial charge in [-0.15, -0.1) is 0 Å². The van der Waals surface area contributed by atoms with E-state index in [2.05, 4.69) is 11.4 Å². The van der Waals surface area contributed by atoms with Gasteiger partial charge in [0.05, 0.1) is 6.61 Å². The third-order valence-electron chi connectivity index (χ3n) is 3.29. The molecule has 0 saturated heterocycles. The van der Waals surface area contributed by atoms with Crippen LogP contribution in [0.2, 0.25) is 0 Å². The van der Waals surface area contributed by atoms with E-state index in [9.17, 15) is 4.39 Å². The van der Waals surface area contributed by atoms with Crippen LogP contribution in [0.3, 0.4) is 0 Å². The van der Waals surface area contributed by atoms with Gasteiger partial charge in [-0.2, -0.15) is 0 Å². The summed E-state index contributed by atoms with van der Waals surface area (Å²) in [5.41, 5.74) is 2.31. The molecule has 0 aliphatic rings. The number of hydrogen-bond acceptors (Lipinski definition) is 3. The lowest BCUT2D eigenvalue weighted by atomic mass is 10.1. The molecule has 0 aliphatic heterocycles. The standard InChI is InChI=1S/C18H22FNO2/c1-21-11-12-22-18-4-2-3-16(13-18)14-20-10-9-15-5-7-17(19)8-6-15/h2-8,13,20H,9-12,14H2,1H3. The van der Waals surface area contributed by atoms with E-state index in [1.807, 2.05) is 30.3 Å². The Bertz CT molecular complexity index is 557. The van der Waals surface area contributed by atoms with Crippen LogP contribution >= 0.6 is 0 Å². The molecule has 0 heterocycles. The third-order valence-corrected chi connectivity index (χ3v) is 3.29. The van der Waals surface area contributed by atoms with E-state index in [1.165, 1.54) is 17.7 Å². The molecule has 2 aromatic carbocycles. The highest BCUT2D eigenvalue weighted by Gasteiger charge is 1.98. The van der Waals surface area contributed by atoms with Gasteiger partial charge >= 0.3 is 0 Å². The Kier molecular flexibility index (Phi) is 6.87. The van der Waals surface area contributed by atoms with E-state index in [1.54, 1.807) is 7.11 Å². The summed E-state index contributed by atoms with van der Waals surface area (Å²) in [7, 11) is 1.66. The molecule has 3 nitrogen and oxygen atoms in total. The molecule has 0 aliphatic carbocycles. The van der Waals surface area contributed by atoms with Crippen molar-refractivity contribution < 1.29 is 13.9 Å². The van der Waals surface area contributed by atoms with Crippen LogP contribution in [0.4, 0.5) is 4.39 Å². The van der Waals surface area contributed by atoms with Crippen LogP contribution in [0.15, 0.2) is 48.5 Å². The quantitative estimate of drug-likeness (QED) is 0.722. The van der Waals surface area contributed by atoms with Crippen molar-refractivity contribution in [1.82, 2.24) is 5.32 Å². The van der Waals surface area contributed by atoms with E-state index in [0.29, 0.717) is 13.2 Å². The maximum atomic E-state index is 12.8. The van der Waals surface area contributed by atoms with Gasteiger partial charge < -0.3 is 14.8 Å². The maximum Gasteiger partial charge on any atom is 0.123 e. The predicted molar refractivity (Wildman–Crippen MR) is 85.6 cm³/mol. The van der Waals surface area contributed by atoms with E-state index in [-0.39, 0.29) is 5.82 Å². The minimum atomic E-state index is -0.193. The molecule has 2 aromatic rings. The number of benzene rings is 2. The lowest BCUT2D eigenvalue weighted by molar-refractivity contribution is 0.146. The van der Waals surface area contributed by atoms with Crippen molar-refractivity contribution in [3.05, 3.63) is 65.5 Å². The molecule has 0 aromatic heterocycles. The summed E-state index contributed by atoms with van der Waals surface area (Å²) in [6, 6.07) is 14.7. The van der Waals surface area contributed by atoms with Gasteiger partial charge in [0.1, 0.15) is 18.2 Å². The van der Waals surface area contributed by atoms with Crippen LogP contribution in [0.5, 0.6) is 5.75 Å². The Morgan fingerprint density at radius 1 is 1.00 bits per heavy atom. The molecular weight excluding hydrogens is 281 g/mol. The fraction of sp³-hybridized carbons (Fsp3) is 0.333. The first kappa shape index (κ1) is 16.5. The maximum absolute atomic E-state index is 12.8. The van der Waals surface area contributed by atoms with Crippen LogP contribution in [-0.4, -0.2) is 26.9 Å². The highest BCUT2D eigenvalue weighted by molar-refractivity contribution is 5.28. The second-order valence-electron chi connectivity index (χ2n) is 5.04. The van der Waals surface area contributed by atoms with Gasteiger partial charge in [-0.05, 0) is 48.4 Å². The van der Waals surface area contributed by atoms with E-state index in [0.717, 1.165) is 30.8 Å². The first-order valence-electron chi connectivity index (χ1n) is 7.44. The van der Waals surface area contributed by atoms with Gasteiger partial charge in [-0.3, -0.25) is 0 Å². The van der Waals surface area contributed by atoms with E-state index >= 15 is 0 Å². The van der Waals surface area contributed by atoms with Gasteiger partial charge in [0.15, 0.2) is 0 Å². The number of hydrogen-bond donors (Lipinski definition) is 1. The molecule has 0 unspecified atom stereocenters. The molecule has 0 bridgehead atoms. The number of rotatable bonds is 9. The van der Waals surface area contributed by atoms with Gasteiger partial charge in [-0.1, -0.05) is 24.3 Å². The highest BCUT2D eigenvalue weighted by Crippen LogP contribution is 2.13.